The predicted octanol–water partition coefficient (Wildman–Crippen LogP) is 5.15. The highest BCUT2D eigenvalue weighted by molar-refractivity contribution is 5.50. The van der Waals surface area contributed by atoms with Crippen molar-refractivity contribution in [2.45, 2.75) is 13.3 Å². The summed E-state index contributed by atoms with van der Waals surface area (Å²) in [6.45, 7) is 5.67. The van der Waals surface area contributed by atoms with Crippen LogP contribution in [0, 0.1) is 0 Å². The molecule has 0 radical (unpaired) electrons. The molecule has 0 aliphatic carbocycles. The van der Waals surface area contributed by atoms with Crippen LogP contribution in [0.2, 0.25) is 0 Å². The second kappa shape index (κ2) is 10.3. The second-order valence-corrected chi connectivity index (χ2v) is 4.61. The molecule has 0 N–H and O–H groups in total. The van der Waals surface area contributed by atoms with E-state index < -0.39 is 0 Å². The van der Waals surface area contributed by atoms with Crippen LogP contribution in [0.1, 0.15) is 18.1 Å². The SMILES string of the molecule is C=CCc1ccc(OC)cc1.CC=Cc1ccc(OC)cc1. The molecule has 116 valence electrons. The van der Waals surface area contributed by atoms with Crippen molar-refractivity contribution in [3.05, 3.63) is 78.4 Å². The molecule has 0 amide bonds. The first kappa shape index (κ1) is 17.6. The Balaban J connectivity index is 0.000000220. The summed E-state index contributed by atoms with van der Waals surface area (Å²) in [7, 11) is 3.34. The molecule has 0 unspecified atom stereocenters. The van der Waals surface area contributed by atoms with Crippen LogP contribution in [0.25, 0.3) is 6.08 Å². The Morgan fingerprint density at radius 3 is 1.77 bits per heavy atom. The lowest BCUT2D eigenvalue weighted by Crippen LogP contribution is -1.83. The van der Waals surface area contributed by atoms with E-state index in [4.69, 9.17) is 9.47 Å². The van der Waals surface area contributed by atoms with Crippen molar-refractivity contribution >= 4 is 6.08 Å². The smallest absolute Gasteiger partial charge is 0.118 e. The van der Waals surface area contributed by atoms with Gasteiger partial charge in [-0.05, 0) is 48.7 Å². The first-order chi connectivity index (χ1) is 10.7. The van der Waals surface area contributed by atoms with E-state index in [1.54, 1.807) is 14.2 Å². The Labute approximate surface area is 133 Å². The summed E-state index contributed by atoms with van der Waals surface area (Å²) in [6, 6.07) is 16.0. The summed E-state index contributed by atoms with van der Waals surface area (Å²) in [4.78, 5) is 0. The summed E-state index contributed by atoms with van der Waals surface area (Å²) in [5.41, 5.74) is 2.47. The molecule has 0 aliphatic rings. The highest BCUT2D eigenvalue weighted by Crippen LogP contribution is 2.12. The van der Waals surface area contributed by atoms with Crippen molar-refractivity contribution in [2.75, 3.05) is 14.2 Å². The van der Waals surface area contributed by atoms with Gasteiger partial charge < -0.3 is 9.47 Å². The maximum atomic E-state index is 5.02. The molecule has 22 heavy (non-hydrogen) atoms. The molecule has 0 saturated heterocycles. The number of ether oxygens (including phenoxy) is 2. The molecule has 0 atom stereocenters. The maximum Gasteiger partial charge on any atom is 0.118 e. The van der Waals surface area contributed by atoms with Gasteiger partial charge in [-0.2, -0.15) is 0 Å². The fraction of sp³-hybridized carbons (Fsp3) is 0.200. The molecule has 2 rings (SSSR count). The molecular weight excluding hydrogens is 272 g/mol. The van der Waals surface area contributed by atoms with Crippen LogP contribution in [-0.2, 0) is 6.42 Å². The van der Waals surface area contributed by atoms with Crippen molar-refractivity contribution in [3.8, 4) is 11.5 Å². The van der Waals surface area contributed by atoms with E-state index in [1.165, 1.54) is 11.1 Å². The molecule has 0 spiro atoms. The minimum Gasteiger partial charge on any atom is -0.497 e. The van der Waals surface area contributed by atoms with Crippen molar-refractivity contribution in [1.82, 2.24) is 0 Å². The molecule has 0 bridgehead atoms. The average Bonchev–Trinajstić information content (AvgIpc) is 2.57. The molecule has 0 aliphatic heterocycles. The summed E-state index contributed by atoms with van der Waals surface area (Å²) in [6.07, 6.45) is 6.88. The average molecular weight is 296 g/mol. The van der Waals surface area contributed by atoms with Crippen molar-refractivity contribution in [2.24, 2.45) is 0 Å². The topological polar surface area (TPSA) is 18.5 Å². The van der Waals surface area contributed by atoms with Gasteiger partial charge in [0.25, 0.3) is 0 Å². The Bertz CT molecular complexity index is 566. The Hall–Kier alpha value is -2.48. The van der Waals surface area contributed by atoms with E-state index >= 15 is 0 Å². The number of rotatable bonds is 5. The molecule has 2 heteroatoms. The van der Waals surface area contributed by atoms with Crippen molar-refractivity contribution in [1.29, 1.82) is 0 Å². The number of methoxy groups -OCH3 is 2. The summed E-state index contributed by atoms with van der Waals surface area (Å²) in [5.74, 6) is 1.80. The van der Waals surface area contributed by atoms with Crippen LogP contribution in [0.4, 0.5) is 0 Å². The van der Waals surface area contributed by atoms with Gasteiger partial charge in [0, 0.05) is 0 Å². The summed E-state index contributed by atoms with van der Waals surface area (Å²) >= 11 is 0. The van der Waals surface area contributed by atoms with Gasteiger partial charge in [-0.3, -0.25) is 0 Å². The van der Waals surface area contributed by atoms with E-state index in [2.05, 4.69) is 12.7 Å². The first-order valence-electron chi connectivity index (χ1n) is 7.24. The third-order valence-electron chi connectivity index (χ3n) is 3.01. The Morgan fingerprint density at radius 1 is 0.864 bits per heavy atom. The number of hydrogen-bond acceptors (Lipinski definition) is 2. The zero-order valence-corrected chi connectivity index (χ0v) is 13.6. The lowest BCUT2D eigenvalue weighted by Gasteiger charge is -1.99. The Kier molecular flexibility index (Phi) is 8.21. The van der Waals surface area contributed by atoms with Crippen molar-refractivity contribution in [3.63, 3.8) is 0 Å². The van der Waals surface area contributed by atoms with Crippen LogP contribution in [0.15, 0.2) is 67.3 Å². The Morgan fingerprint density at radius 2 is 1.36 bits per heavy atom. The van der Waals surface area contributed by atoms with Crippen LogP contribution < -0.4 is 9.47 Å². The number of benzene rings is 2. The number of hydrogen-bond donors (Lipinski definition) is 0. The third-order valence-corrected chi connectivity index (χ3v) is 3.01. The van der Waals surface area contributed by atoms with Crippen LogP contribution in [0.3, 0.4) is 0 Å². The zero-order valence-electron chi connectivity index (χ0n) is 13.6. The second-order valence-electron chi connectivity index (χ2n) is 4.61. The lowest BCUT2D eigenvalue weighted by atomic mass is 10.1. The molecule has 0 saturated carbocycles. The molecule has 2 aromatic rings. The van der Waals surface area contributed by atoms with E-state index in [0.29, 0.717) is 0 Å². The maximum absolute atomic E-state index is 5.02. The molecule has 0 fully saturated rings. The number of allylic oxidation sites excluding steroid dienone is 2. The molecular formula is C20H24O2. The van der Waals surface area contributed by atoms with Gasteiger partial charge in [-0.25, -0.2) is 0 Å². The molecule has 0 heterocycles. The minimum absolute atomic E-state index is 0.901. The normalized spacial score (nSPS) is 9.77. The molecule has 0 aromatic heterocycles. The fourth-order valence-electron chi connectivity index (χ4n) is 1.84. The van der Waals surface area contributed by atoms with Gasteiger partial charge in [-0.15, -0.1) is 6.58 Å². The quantitative estimate of drug-likeness (QED) is 0.710. The van der Waals surface area contributed by atoms with E-state index in [0.717, 1.165) is 17.9 Å². The first-order valence-corrected chi connectivity index (χ1v) is 7.24. The third kappa shape index (κ3) is 6.31. The largest absolute Gasteiger partial charge is 0.497 e. The monoisotopic (exact) mass is 296 g/mol. The van der Waals surface area contributed by atoms with Gasteiger partial charge in [0.05, 0.1) is 14.2 Å². The van der Waals surface area contributed by atoms with E-state index in [9.17, 15) is 0 Å². The van der Waals surface area contributed by atoms with Crippen LogP contribution >= 0.6 is 0 Å². The standard InChI is InChI=1S/2C10H12O/c2*1-3-4-9-5-7-10(11-2)8-6-9/h3-8H,1-2H3;3,5-8H,1,4H2,2H3. The van der Waals surface area contributed by atoms with E-state index in [-0.39, 0.29) is 0 Å². The van der Waals surface area contributed by atoms with Gasteiger partial charge in [0.15, 0.2) is 0 Å². The highest BCUT2D eigenvalue weighted by Gasteiger charge is 1.90. The predicted molar refractivity (Wildman–Crippen MR) is 94.6 cm³/mol. The summed E-state index contributed by atoms with van der Waals surface area (Å²) < 4.78 is 10.0. The van der Waals surface area contributed by atoms with Gasteiger partial charge >= 0.3 is 0 Å². The van der Waals surface area contributed by atoms with Gasteiger partial charge in [0.1, 0.15) is 11.5 Å². The zero-order chi connectivity index (χ0) is 16.2. The van der Waals surface area contributed by atoms with Crippen molar-refractivity contribution < 1.29 is 9.47 Å². The van der Waals surface area contributed by atoms with Crippen LogP contribution in [-0.4, -0.2) is 14.2 Å². The van der Waals surface area contributed by atoms with Crippen LogP contribution in [0.5, 0.6) is 11.5 Å². The lowest BCUT2D eigenvalue weighted by molar-refractivity contribution is 0.414. The minimum atomic E-state index is 0.901. The fourth-order valence-corrected chi connectivity index (χ4v) is 1.84. The van der Waals surface area contributed by atoms with Gasteiger partial charge in [-0.1, -0.05) is 42.5 Å². The molecule has 2 aromatic carbocycles. The summed E-state index contributed by atoms with van der Waals surface area (Å²) in [5, 5.41) is 0. The van der Waals surface area contributed by atoms with Gasteiger partial charge in [0.2, 0.25) is 0 Å². The van der Waals surface area contributed by atoms with E-state index in [1.807, 2.05) is 67.6 Å². The highest BCUT2D eigenvalue weighted by atomic mass is 16.5. The molecule has 2 nitrogen and oxygen atoms in total.